The number of methoxy groups -OCH3 is 1. The third-order valence-electron chi connectivity index (χ3n) is 4.09. The van der Waals surface area contributed by atoms with Crippen molar-refractivity contribution >= 4 is 5.91 Å². The van der Waals surface area contributed by atoms with Crippen LogP contribution < -0.4 is 5.73 Å². The van der Waals surface area contributed by atoms with Crippen LogP contribution in [0.2, 0.25) is 0 Å². The number of carbonyl (C=O) groups excluding carboxylic acids is 1. The van der Waals surface area contributed by atoms with E-state index >= 15 is 0 Å². The Kier molecular flexibility index (Phi) is 5.31. The quantitative estimate of drug-likeness (QED) is 0.905. The minimum atomic E-state index is -0.283. The summed E-state index contributed by atoms with van der Waals surface area (Å²) in [4.78, 5) is 14.3. The molecule has 0 aromatic heterocycles. The van der Waals surface area contributed by atoms with Gasteiger partial charge < -0.3 is 15.4 Å². The molecule has 5 heteroatoms. The van der Waals surface area contributed by atoms with E-state index in [1.165, 1.54) is 6.07 Å². The third-order valence-corrected chi connectivity index (χ3v) is 4.09. The second kappa shape index (κ2) is 7.00. The summed E-state index contributed by atoms with van der Waals surface area (Å²) in [6, 6.07) is 6.48. The average molecular weight is 294 g/mol. The Balaban J connectivity index is 2.17. The first-order valence-corrected chi connectivity index (χ1v) is 7.33. The lowest BCUT2D eigenvalue weighted by molar-refractivity contribution is -0.134. The van der Waals surface area contributed by atoms with Crippen molar-refractivity contribution in [2.45, 2.75) is 31.9 Å². The summed E-state index contributed by atoms with van der Waals surface area (Å²) in [7, 11) is 1.55. The van der Waals surface area contributed by atoms with Crippen molar-refractivity contribution in [1.29, 1.82) is 0 Å². The highest BCUT2D eigenvalue weighted by atomic mass is 19.1. The highest BCUT2D eigenvalue weighted by Gasteiger charge is 2.35. The summed E-state index contributed by atoms with van der Waals surface area (Å²) in [5.74, 6) is 0.0823. The molecule has 2 N–H and O–H groups in total. The minimum Gasteiger partial charge on any atom is -0.380 e. The number of carbonyl (C=O) groups is 1. The van der Waals surface area contributed by atoms with Crippen molar-refractivity contribution in [2.75, 3.05) is 20.2 Å². The van der Waals surface area contributed by atoms with Crippen molar-refractivity contribution in [3.8, 4) is 0 Å². The first kappa shape index (κ1) is 15.9. The van der Waals surface area contributed by atoms with E-state index in [1.54, 1.807) is 24.1 Å². The fourth-order valence-electron chi connectivity index (χ4n) is 2.94. The van der Waals surface area contributed by atoms with E-state index < -0.39 is 0 Å². The lowest BCUT2D eigenvalue weighted by Crippen LogP contribution is -2.36. The molecule has 4 nitrogen and oxygen atoms in total. The fraction of sp³-hybridized carbons (Fsp3) is 0.562. The van der Waals surface area contributed by atoms with E-state index in [0.717, 1.165) is 6.42 Å². The van der Waals surface area contributed by atoms with Crippen LogP contribution in [0.3, 0.4) is 0 Å². The van der Waals surface area contributed by atoms with Crippen LogP contribution in [0.15, 0.2) is 24.3 Å². The predicted octanol–water partition coefficient (Wildman–Crippen LogP) is 2.10. The summed E-state index contributed by atoms with van der Waals surface area (Å²) in [5.41, 5.74) is 6.17. The van der Waals surface area contributed by atoms with Gasteiger partial charge >= 0.3 is 0 Å². The smallest absolute Gasteiger partial charge is 0.225 e. The first-order valence-electron chi connectivity index (χ1n) is 7.33. The van der Waals surface area contributed by atoms with Gasteiger partial charge in [-0.15, -0.1) is 0 Å². The standard InChI is InChI=1S/C16H23FN2O2/c1-11-7-15(13-5-3-4-6-14(13)17)19(10-11)16(20)8-12(9-18)21-2/h3-6,11-12,15H,7-10,18H2,1-2H3. The Hall–Kier alpha value is -1.46. The van der Waals surface area contributed by atoms with E-state index in [0.29, 0.717) is 24.6 Å². The Labute approximate surface area is 125 Å². The molecule has 0 bridgehead atoms. The van der Waals surface area contributed by atoms with Gasteiger partial charge in [0.05, 0.1) is 18.6 Å². The molecule has 3 atom stereocenters. The maximum atomic E-state index is 14.0. The zero-order valence-electron chi connectivity index (χ0n) is 12.6. The van der Waals surface area contributed by atoms with Crippen LogP contribution in [0.5, 0.6) is 0 Å². The van der Waals surface area contributed by atoms with Crippen molar-refractivity contribution in [2.24, 2.45) is 11.7 Å². The van der Waals surface area contributed by atoms with Crippen molar-refractivity contribution in [3.05, 3.63) is 35.6 Å². The number of benzene rings is 1. The van der Waals surface area contributed by atoms with Gasteiger partial charge in [0.1, 0.15) is 5.82 Å². The van der Waals surface area contributed by atoms with Crippen LogP contribution in [0.4, 0.5) is 4.39 Å². The Morgan fingerprint density at radius 2 is 2.24 bits per heavy atom. The van der Waals surface area contributed by atoms with Gasteiger partial charge in [-0.2, -0.15) is 0 Å². The monoisotopic (exact) mass is 294 g/mol. The first-order chi connectivity index (χ1) is 10.1. The van der Waals surface area contributed by atoms with Gasteiger partial charge in [-0.3, -0.25) is 4.79 Å². The lowest BCUT2D eigenvalue weighted by atomic mass is 10.0. The van der Waals surface area contributed by atoms with Gasteiger partial charge in [-0.25, -0.2) is 4.39 Å². The summed E-state index contributed by atoms with van der Waals surface area (Å²) < 4.78 is 19.2. The molecule has 0 radical (unpaired) electrons. The largest absolute Gasteiger partial charge is 0.380 e. The fourth-order valence-corrected chi connectivity index (χ4v) is 2.94. The van der Waals surface area contributed by atoms with Crippen molar-refractivity contribution in [3.63, 3.8) is 0 Å². The minimum absolute atomic E-state index is 0.0232. The topological polar surface area (TPSA) is 55.6 Å². The summed E-state index contributed by atoms with van der Waals surface area (Å²) in [6.45, 7) is 3.03. The number of hydrogen-bond acceptors (Lipinski definition) is 3. The normalized spacial score (nSPS) is 23.3. The number of ether oxygens (including phenoxy) is 1. The number of hydrogen-bond donors (Lipinski definition) is 1. The van der Waals surface area contributed by atoms with Crippen LogP contribution in [0.25, 0.3) is 0 Å². The predicted molar refractivity (Wildman–Crippen MR) is 79.1 cm³/mol. The maximum Gasteiger partial charge on any atom is 0.225 e. The summed E-state index contributed by atoms with van der Waals surface area (Å²) >= 11 is 0. The van der Waals surface area contributed by atoms with Gasteiger partial charge in [0.2, 0.25) is 5.91 Å². The van der Waals surface area contributed by atoms with Crippen molar-refractivity contribution in [1.82, 2.24) is 4.90 Å². The molecule has 0 spiro atoms. The van der Waals surface area contributed by atoms with Crippen LogP contribution in [-0.2, 0) is 9.53 Å². The SMILES string of the molecule is COC(CN)CC(=O)N1CC(C)CC1c1ccccc1F. The number of halogens is 1. The van der Waals surface area contributed by atoms with Crippen LogP contribution >= 0.6 is 0 Å². The van der Waals surface area contributed by atoms with Crippen LogP contribution in [0.1, 0.15) is 31.4 Å². The molecular formula is C16H23FN2O2. The Morgan fingerprint density at radius 3 is 2.86 bits per heavy atom. The average Bonchev–Trinajstić information content (AvgIpc) is 2.87. The van der Waals surface area contributed by atoms with E-state index in [-0.39, 0.29) is 30.3 Å². The Bertz CT molecular complexity index is 491. The van der Waals surface area contributed by atoms with Crippen molar-refractivity contribution < 1.29 is 13.9 Å². The Morgan fingerprint density at radius 1 is 1.52 bits per heavy atom. The van der Waals surface area contributed by atoms with E-state index in [2.05, 4.69) is 6.92 Å². The molecule has 116 valence electrons. The third kappa shape index (κ3) is 3.60. The van der Waals surface area contributed by atoms with Gasteiger partial charge in [0.25, 0.3) is 0 Å². The van der Waals surface area contributed by atoms with Crippen LogP contribution in [0, 0.1) is 11.7 Å². The van der Waals surface area contributed by atoms with Gasteiger partial charge in [0, 0.05) is 25.8 Å². The highest BCUT2D eigenvalue weighted by molar-refractivity contribution is 5.77. The van der Waals surface area contributed by atoms with E-state index in [4.69, 9.17) is 10.5 Å². The molecule has 1 aromatic carbocycles. The molecule has 1 saturated heterocycles. The molecule has 1 aliphatic heterocycles. The van der Waals surface area contributed by atoms with E-state index in [9.17, 15) is 9.18 Å². The number of rotatable bonds is 5. The molecule has 3 unspecified atom stereocenters. The second-order valence-corrected chi connectivity index (χ2v) is 5.72. The maximum absolute atomic E-state index is 14.0. The van der Waals surface area contributed by atoms with Gasteiger partial charge in [-0.1, -0.05) is 25.1 Å². The zero-order valence-corrected chi connectivity index (χ0v) is 12.6. The molecular weight excluding hydrogens is 271 g/mol. The highest BCUT2D eigenvalue weighted by Crippen LogP contribution is 2.36. The molecule has 0 aliphatic carbocycles. The molecule has 1 aromatic rings. The summed E-state index contributed by atoms with van der Waals surface area (Å²) in [5, 5.41) is 0. The molecule has 1 amide bonds. The number of amides is 1. The van der Waals surface area contributed by atoms with Gasteiger partial charge in [0.15, 0.2) is 0 Å². The van der Waals surface area contributed by atoms with Gasteiger partial charge in [-0.05, 0) is 18.4 Å². The molecule has 0 saturated carbocycles. The lowest BCUT2D eigenvalue weighted by Gasteiger charge is -2.27. The molecule has 1 fully saturated rings. The summed E-state index contributed by atoms with van der Waals surface area (Å²) in [6.07, 6.45) is 0.743. The number of nitrogens with two attached hydrogens (primary N) is 1. The molecule has 21 heavy (non-hydrogen) atoms. The van der Waals surface area contributed by atoms with E-state index in [1.807, 2.05) is 6.07 Å². The molecule has 1 heterocycles. The second-order valence-electron chi connectivity index (χ2n) is 5.72. The van der Waals surface area contributed by atoms with Crippen LogP contribution in [-0.4, -0.2) is 37.1 Å². The molecule has 1 aliphatic rings. The number of likely N-dealkylation sites (tertiary alicyclic amines) is 1. The number of nitrogens with zero attached hydrogens (tertiary/aromatic N) is 1. The molecule has 2 rings (SSSR count). The zero-order chi connectivity index (χ0) is 15.4.